The number of carbonyl (C=O) groups excluding carboxylic acids is 1. The van der Waals surface area contributed by atoms with Crippen molar-refractivity contribution in [3.63, 3.8) is 0 Å². The van der Waals surface area contributed by atoms with Crippen LogP contribution in [0.5, 0.6) is 0 Å². The van der Waals surface area contributed by atoms with E-state index in [-0.39, 0.29) is 25.2 Å². The van der Waals surface area contributed by atoms with Crippen molar-refractivity contribution in [3.8, 4) is 0 Å². The molecule has 0 rings (SSSR count). The van der Waals surface area contributed by atoms with Crippen LogP contribution < -0.4 is 0 Å². The molecule has 0 aromatic heterocycles. The van der Waals surface area contributed by atoms with Gasteiger partial charge in [-0.05, 0) is 34.1 Å². The lowest BCUT2D eigenvalue weighted by Crippen LogP contribution is -2.56. The van der Waals surface area contributed by atoms with E-state index in [0.29, 0.717) is 17.3 Å². The minimum absolute atomic E-state index is 0.0113. The maximum Gasteiger partial charge on any atom is 0.469 e. The second-order valence-corrected chi connectivity index (χ2v) is 6.66. The largest absolute Gasteiger partial charge is 0.469 e. The number of ether oxygens (including phenoxy) is 1. The molecule has 1 atom stereocenters. The molecule has 0 aliphatic heterocycles. The van der Waals surface area contributed by atoms with E-state index >= 15 is 0 Å². The quantitative estimate of drug-likeness (QED) is 0.184. The first kappa shape index (κ1) is 22.3. The number of hydrogen-bond acceptors (Lipinski definition) is 4. The Balaban J connectivity index is 4.72. The fourth-order valence-corrected chi connectivity index (χ4v) is 3.19. The molecule has 0 saturated heterocycles. The number of carbonyl (C=O) groups is 1. The van der Waals surface area contributed by atoms with Gasteiger partial charge in [0.05, 0.1) is 26.2 Å². The first-order valence-corrected chi connectivity index (χ1v) is 9.63. The van der Waals surface area contributed by atoms with Crippen molar-refractivity contribution >= 4 is 13.8 Å². The highest BCUT2D eigenvalue weighted by Gasteiger charge is 2.34. The fraction of sp³-hybridized carbons (Fsp3) is 0.800. The molecule has 0 spiro atoms. The first-order chi connectivity index (χ1) is 10.7. The highest BCUT2D eigenvalue weighted by molar-refractivity contribution is 7.46. The van der Waals surface area contributed by atoms with Gasteiger partial charge in [-0.25, -0.2) is 9.36 Å². The van der Waals surface area contributed by atoms with E-state index in [2.05, 4.69) is 20.8 Å². The standard InChI is InChI=1S/C15H30NO6P/c1-5-10-15(17)21-12-9-11-14(13-22-23(18,19)20)16(6-2,7-3)8-4/h5,10,14H,6-9,11-13H2,1-4H3,(H-,18,19,20)/p+1. The molecule has 0 radical (unpaired) electrons. The van der Waals surface area contributed by atoms with Crippen LogP contribution in [0.15, 0.2) is 12.2 Å². The zero-order valence-electron chi connectivity index (χ0n) is 14.6. The number of rotatable bonds is 12. The van der Waals surface area contributed by atoms with Crippen LogP contribution in [-0.4, -0.2) is 59.1 Å². The Hall–Kier alpha value is -0.720. The van der Waals surface area contributed by atoms with Crippen LogP contribution in [0.4, 0.5) is 0 Å². The summed E-state index contributed by atoms with van der Waals surface area (Å²) >= 11 is 0. The van der Waals surface area contributed by atoms with Crippen molar-refractivity contribution < 1.29 is 32.9 Å². The van der Waals surface area contributed by atoms with Gasteiger partial charge in [-0.3, -0.25) is 4.52 Å². The Bertz CT molecular complexity index is 408. The Labute approximate surface area is 139 Å². The number of esters is 1. The van der Waals surface area contributed by atoms with Gasteiger partial charge in [0.1, 0.15) is 12.6 Å². The summed E-state index contributed by atoms with van der Waals surface area (Å²) in [5.74, 6) is -0.377. The van der Waals surface area contributed by atoms with Crippen molar-refractivity contribution in [1.29, 1.82) is 0 Å². The summed E-state index contributed by atoms with van der Waals surface area (Å²) in [5.41, 5.74) is 0. The predicted octanol–water partition coefficient (Wildman–Crippen LogP) is 2.24. The molecule has 2 N–H and O–H groups in total. The van der Waals surface area contributed by atoms with Crippen molar-refractivity contribution in [2.75, 3.05) is 32.8 Å². The Morgan fingerprint density at radius 1 is 1.22 bits per heavy atom. The van der Waals surface area contributed by atoms with Gasteiger partial charge in [-0.15, -0.1) is 0 Å². The van der Waals surface area contributed by atoms with Crippen LogP contribution in [0.3, 0.4) is 0 Å². The van der Waals surface area contributed by atoms with E-state index in [1.54, 1.807) is 13.0 Å². The van der Waals surface area contributed by atoms with Gasteiger partial charge in [0.15, 0.2) is 0 Å². The zero-order valence-corrected chi connectivity index (χ0v) is 15.5. The maximum atomic E-state index is 11.3. The molecule has 0 aliphatic carbocycles. The molecule has 0 bridgehead atoms. The second-order valence-electron chi connectivity index (χ2n) is 5.42. The van der Waals surface area contributed by atoms with E-state index in [9.17, 15) is 9.36 Å². The highest BCUT2D eigenvalue weighted by Crippen LogP contribution is 2.37. The number of allylic oxidation sites excluding steroid dienone is 1. The van der Waals surface area contributed by atoms with E-state index in [1.165, 1.54) is 6.08 Å². The average Bonchev–Trinajstić information content (AvgIpc) is 2.49. The first-order valence-electron chi connectivity index (χ1n) is 8.09. The number of nitrogens with zero attached hydrogens (tertiary/aromatic N) is 1. The van der Waals surface area contributed by atoms with Gasteiger partial charge in [0, 0.05) is 12.5 Å². The number of hydrogen-bond donors (Lipinski definition) is 2. The SMILES string of the molecule is CC=CC(=O)OCCCC(COP(=O)(O)O)[N+](CC)(CC)CC. The third-order valence-corrected chi connectivity index (χ3v) is 4.81. The summed E-state index contributed by atoms with van der Waals surface area (Å²) in [6, 6.07) is -0.0527. The third kappa shape index (κ3) is 8.63. The Kier molecular flexibility index (Phi) is 10.6. The van der Waals surface area contributed by atoms with Crippen LogP contribution in [0, 0.1) is 0 Å². The number of likely N-dealkylation sites (N-methyl/N-ethyl adjacent to an activating group) is 1. The van der Waals surface area contributed by atoms with Gasteiger partial charge in [0.25, 0.3) is 0 Å². The molecule has 0 aliphatic rings. The van der Waals surface area contributed by atoms with Gasteiger partial charge >= 0.3 is 13.8 Å². The van der Waals surface area contributed by atoms with E-state index < -0.39 is 7.82 Å². The molecule has 0 amide bonds. The fourth-order valence-electron chi connectivity index (χ4n) is 2.82. The minimum atomic E-state index is -4.49. The average molecular weight is 352 g/mol. The summed E-state index contributed by atoms with van der Waals surface area (Å²) in [4.78, 5) is 29.2. The predicted molar refractivity (Wildman–Crippen MR) is 88.7 cm³/mol. The third-order valence-electron chi connectivity index (χ3n) is 4.33. The van der Waals surface area contributed by atoms with E-state index in [4.69, 9.17) is 19.0 Å². The van der Waals surface area contributed by atoms with Crippen molar-refractivity contribution in [3.05, 3.63) is 12.2 Å². The van der Waals surface area contributed by atoms with E-state index in [0.717, 1.165) is 19.6 Å². The molecular weight excluding hydrogens is 321 g/mol. The normalized spacial score (nSPS) is 14.2. The topological polar surface area (TPSA) is 93.1 Å². The number of quaternary nitrogens is 1. The minimum Gasteiger partial charge on any atom is -0.463 e. The molecule has 136 valence electrons. The zero-order chi connectivity index (χ0) is 17.9. The van der Waals surface area contributed by atoms with Crippen LogP contribution in [-0.2, 0) is 18.6 Å². The lowest BCUT2D eigenvalue weighted by atomic mass is 10.1. The smallest absolute Gasteiger partial charge is 0.463 e. The van der Waals surface area contributed by atoms with E-state index in [1.807, 2.05) is 0 Å². The van der Waals surface area contributed by atoms with Crippen LogP contribution in [0.25, 0.3) is 0 Å². The van der Waals surface area contributed by atoms with Gasteiger partial charge in [-0.2, -0.15) is 0 Å². The molecule has 1 unspecified atom stereocenters. The lowest BCUT2D eigenvalue weighted by Gasteiger charge is -2.43. The number of phosphoric acid groups is 1. The summed E-state index contributed by atoms with van der Waals surface area (Å²) in [6.07, 6.45) is 4.27. The lowest BCUT2D eigenvalue weighted by molar-refractivity contribution is -0.947. The number of phosphoric ester groups is 1. The molecule has 0 aromatic carbocycles. The molecule has 23 heavy (non-hydrogen) atoms. The van der Waals surface area contributed by atoms with Gasteiger partial charge < -0.3 is 19.0 Å². The molecule has 7 nitrogen and oxygen atoms in total. The summed E-state index contributed by atoms with van der Waals surface area (Å²) in [5, 5.41) is 0. The van der Waals surface area contributed by atoms with Crippen LogP contribution >= 0.6 is 7.82 Å². The van der Waals surface area contributed by atoms with Crippen molar-refractivity contribution in [2.24, 2.45) is 0 Å². The Morgan fingerprint density at radius 2 is 1.78 bits per heavy atom. The summed E-state index contributed by atoms with van der Waals surface area (Å²) in [6.45, 7) is 10.7. The van der Waals surface area contributed by atoms with Gasteiger partial charge in [0.2, 0.25) is 0 Å². The maximum absolute atomic E-state index is 11.3. The van der Waals surface area contributed by atoms with Crippen molar-refractivity contribution in [2.45, 2.75) is 46.6 Å². The summed E-state index contributed by atoms with van der Waals surface area (Å²) < 4.78 is 21.5. The molecule has 8 heteroatoms. The van der Waals surface area contributed by atoms with Crippen LogP contribution in [0.1, 0.15) is 40.5 Å². The van der Waals surface area contributed by atoms with Crippen LogP contribution in [0.2, 0.25) is 0 Å². The molecular formula is C15H31NO6P+. The second kappa shape index (κ2) is 10.9. The molecule has 0 aromatic rings. The van der Waals surface area contributed by atoms with Gasteiger partial charge in [-0.1, -0.05) is 6.08 Å². The monoisotopic (exact) mass is 352 g/mol. The Morgan fingerprint density at radius 3 is 2.22 bits per heavy atom. The summed E-state index contributed by atoms with van der Waals surface area (Å²) in [7, 11) is -4.49. The van der Waals surface area contributed by atoms with Crippen molar-refractivity contribution in [1.82, 2.24) is 0 Å². The molecule has 0 heterocycles. The molecule has 0 fully saturated rings. The molecule has 0 saturated carbocycles. The highest BCUT2D eigenvalue weighted by atomic mass is 31.2.